The highest BCUT2D eigenvalue weighted by atomic mass is 16.2. The van der Waals surface area contributed by atoms with Crippen LogP contribution in [0, 0.1) is 0 Å². The normalized spacial score (nSPS) is 16.1. The summed E-state index contributed by atoms with van der Waals surface area (Å²) in [4.78, 5) is 25.2. The summed E-state index contributed by atoms with van der Waals surface area (Å²) in [7, 11) is 0. The van der Waals surface area contributed by atoms with Crippen LogP contribution >= 0.6 is 0 Å². The molecule has 0 atom stereocenters. The minimum Gasteiger partial charge on any atom is -0.396 e. The molecule has 1 fully saturated rings. The van der Waals surface area contributed by atoms with Crippen molar-refractivity contribution in [2.45, 2.75) is 38.8 Å². The first-order valence-electron chi connectivity index (χ1n) is 6.93. The van der Waals surface area contributed by atoms with E-state index in [0.717, 1.165) is 12.8 Å². The van der Waals surface area contributed by atoms with E-state index in [1.807, 2.05) is 11.8 Å². The number of nitrogens with zero attached hydrogens (tertiary/aromatic N) is 3. The van der Waals surface area contributed by atoms with Crippen molar-refractivity contribution >= 4 is 17.5 Å². The van der Waals surface area contributed by atoms with Gasteiger partial charge in [0.15, 0.2) is 0 Å². The van der Waals surface area contributed by atoms with Crippen LogP contribution in [0.2, 0.25) is 0 Å². The lowest BCUT2D eigenvalue weighted by atomic mass is 10.0. The van der Waals surface area contributed by atoms with Gasteiger partial charge in [0, 0.05) is 31.7 Å². The van der Waals surface area contributed by atoms with Gasteiger partial charge in [-0.25, -0.2) is 0 Å². The molecule has 0 spiro atoms. The number of nitrogens with two attached hydrogens (primary N) is 1. The predicted octanol–water partition coefficient (Wildman–Crippen LogP) is -0.0175. The average Bonchev–Trinajstić information content (AvgIpc) is 2.84. The highest BCUT2D eigenvalue weighted by Crippen LogP contribution is 2.11. The second-order valence-corrected chi connectivity index (χ2v) is 5.05. The molecular weight excluding hydrogens is 258 g/mol. The van der Waals surface area contributed by atoms with Crippen molar-refractivity contribution in [1.29, 1.82) is 0 Å². The maximum absolute atomic E-state index is 12.1. The molecule has 0 bridgehead atoms. The van der Waals surface area contributed by atoms with Gasteiger partial charge < -0.3 is 16.0 Å². The van der Waals surface area contributed by atoms with E-state index in [9.17, 15) is 9.59 Å². The van der Waals surface area contributed by atoms with Gasteiger partial charge in [-0.15, -0.1) is 0 Å². The van der Waals surface area contributed by atoms with Crippen molar-refractivity contribution in [1.82, 2.24) is 20.0 Å². The van der Waals surface area contributed by atoms with Crippen molar-refractivity contribution in [2.75, 3.05) is 18.8 Å². The zero-order chi connectivity index (χ0) is 14.5. The Kier molecular flexibility index (Phi) is 4.60. The van der Waals surface area contributed by atoms with Crippen molar-refractivity contribution in [3.8, 4) is 0 Å². The molecule has 110 valence electrons. The quantitative estimate of drug-likeness (QED) is 0.810. The number of aromatic nitrogens is 2. The van der Waals surface area contributed by atoms with Crippen LogP contribution in [0.4, 0.5) is 5.69 Å². The first-order chi connectivity index (χ1) is 9.58. The fourth-order valence-corrected chi connectivity index (χ4v) is 2.31. The molecule has 2 rings (SSSR count). The van der Waals surface area contributed by atoms with E-state index in [4.69, 9.17) is 5.73 Å². The number of rotatable bonds is 4. The van der Waals surface area contributed by atoms with Crippen molar-refractivity contribution < 1.29 is 9.59 Å². The SMILES string of the molecule is CCC(=O)NC1CCN(C(=O)Cn2cc(N)cn2)CC1. The molecule has 7 nitrogen and oxygen atoms in total. The van der Waals surface area contributed by atoms with E-state index in [-0.39, 0.29) is 24.4 Å². The van der Waals surface area contributed by atoms with Crippen LogP contribution in [-0.4, -0.2) is 45.6 Å². The van der Waals surface area contributed by atoms with Crippen LogP contribution in [-0.2, 0) is 16.1 Å². The summed E-state index contributed by atoms with van der Waals surface area (Å²) in [6, 6.07) is 0.187. The van der Waals surface area contributed by atoms with Crippen LogP contribution in [0.25, 0.3) is 0 Å². The minimum absolute atomic E-state index is 0.0355. The standard InChI is InChI=1S/C13H21N5O2/c1-2-12(19)16-11-3-5-17(6-4-11)13(20)9-18-8-10(14)7-15-18/h7-8,11H,2-6,9,14H2,1H3,(H,16,19). The molecule has 7 heteroatoms. The van der Waals surface area contributed by atoms with Crippen LogP contribution in [0.3, 0.4) is 0 Å². The van der Waals surface area contributed by atoms with Crippen LogP contribution in [0.1, 0.15) is 26.2 Å². The Labute approximate surface area is 118 Å². The fourth-order valence-electron chi connectivity index (χ4n) is 2.31. The molecule has 1 aromatic heterocycles. The summed E-state index contributed by atoms with van der Waals surface area (Å²) >= 11 is 0. The number of likely N-dealkylation sites (tertiary alicyclic amines) is 1. The molecule has 2 heterocycles. The minimum atomic E-state index is 0.0355. The highest BCUT2D eigenvalue weighted by molar-refractivity contribution is 5.77. The van der Waals surface area contributed by atoms with Gasteiger partial charge in [0.2, 0.25) is 11.8 Å². The van der Waals surface area contributed by atoms with E-state index in [1.54, 1.807) is 10.9 Å². The molecular formula is C13H21N5O2. The number of hydrogen-bond acceptors (Lipinski definition) is 4. The Morgan fingerprint density at radius 2 is 2.15 bits per heavy atom. The second-order valence-electron chi connectivity index (χ2n) is 5.05. The van der Waals surface area contributed by atoms with Crippen molar-refractivity contribution in [3.05, 3.63) is 12.4 Å². The smallest absolute Gasteiger partial charge is 0.244 e. The lowest BCUT2D eigenvalue weighted by molar-refractivity contribution is -0.133. The van der Waals surface area contributed by atoms with Gasteiger partial charge in [0.1, 0.15) is 6.54 Å². The Bertz CT molecular complexity index is 477. The molecule has 3 N–H and O–H groups in total. The Morgan fingerprint density at radius 1 is 1.45 bits per heavy atom. The van der Waals surface area contributed by atoms with Gasteiger partial charge >= 0.3 is 0 Å². The molecule has 0 radical (unpaired) electrons. The van der Waals surface area contributed by atoms with Gasteiger partial charge in [-0.05, 0) is 12.8 Å². The van der Waals surface area contributed by atoms with Crippen molar-refractivity contribution in [3.63, 3.8) is 0 Å². The van der Waals surface area contributed by atoms with Gasteiger partial charge in [-0.1, -0.05) is 6.92 Å². The molecule has 0 unspecified atom stereocenters. The topological polar surface area (TPSA) is 93.2 Å². The third-order valence-electron chi connectivity index (χ3n) is 3.48. The summed E-state index contributed by atoms with van der Waals surface area (Å²) in [5, 5.41) is 6.97. The lowest BCUT2D eigenvalue weighted by Gasteiger charge is -2.32. The third kappa shape index (κ3) is 3.72. The van der Waals surface area contributed by atoms with Crippen LogP contribution < -0.4 is 11.1 Å². The maximum atomic E-state index is 12.1. The van der Waals surface area contributed by atoms with Crippen LogP contribution in [0.5, 0.6) is 0 Å². The fraction of sp³-hybridized carbons (Fsp3) is 0.615. The lowest BCUT2D eigenvalue weighted by Crippen LogP contribution is -2.47. The number of piperidine rings is 1. The highest BCUT2D eigenvalue weighted by Gasteiger charge is 2.23. The van der Waals surface area contributed by atoms with Gasteiger partial charge in [-0.2, -0.15) is 5.10 Å². The van der Waals surface area contributed by atoms with Gasteiger partial charge in [0.25, 0.3) is 0 Å². The van der Waals surface area contributed by atoms with E-state index in [1.165, 1.54) is 6.20 Å². The second kappa shape index (κ2) is 6.40. The summed E-state index contributed by atoms with van der Waals surface area (Å²) < 4.78 is 1.54. The van der Waals surface area contributed by atoms with E-state index < -0.39 is 0 Å². The first kappa shape index (κ1) is 14.4. The number of anilines is 1. The molecule has 0 saturated carbocycles. The molecule has 0 aliphatic carbocycles. The monoisotopic (exact) mass is 279 g/mol. The molecule has 1 saturated heterocycles. The molecule has 1 aliphatic rings. The average molecular weight is 279 g/mol. The number of amides is 2. The third-order valence-corrected chi connectivity index (χ3v) is 3.48. The Balaban J connectivity index is 1.78. The molecule has 20 heavy (non-hydrogen) atoms. The molecule has 1 aliphatic heterocycles. The summed E-state index contributed by atoms with van der Waals surface area (Å²) in [5.41, 5.74) is 6.12. The van der Waals surface area contributed by atoms with E-state index >= 15 is 0 Å². The van der Waals surface area contributed by atoms with Crippen molar-refractivity contribution in [2.24, 2.45) is 0 Å². The number of carbonyl (C=O) groups excluding carboxylic acids is 2. The summed E-state index contributed by atoms with van der Waals surface area (Å²) in [6.45, 7) is 3.39. The van der Waals surface area contributed by atoms with E-state index in [2.05, 4.69) is 10.4 Å². The summed E-state index contributed by atoms with van der Waals surface area (Å²) in [5.74, 6) is 0.107. The maximum Gasteiger partial charge on any atom is 0.244 e. The van der Waals surface area contributed by atoms with Crippen LogP contribution in [0.15, 0.2) is 12.4 Å². The largest absolute Gasteiger partial charge is 0.396 e. The number of nitrogens with one attached hydrogen (secondary N) is 1. The van der Waals surface area contributed by atoms with Gasteiger partial charge in [-0.3, -0.25) is 14.3 Å². The first-order valence-corrected chi connectivity index (χ1v) is 6.93. The molecule has 2 amide bonds. The Morgan fingerprint density at radius 3 is 2.70 bits per heavy atom. The Hall–Kier alpha value is -2.05. The zero-order valence-corrected chi connectivity index (χ0v) is 11.7. The molecule has 1 aromatic rings. The van der Waals surface area contributed by atoms with Gasteiger partial charge in [0.05, 0.1) is 11.9 Å². The predicted molar refractivity (Wildman–Crippen MR) is 74.7 cm³/mol. The summed E-state index contributed by atoms with van der Waals surface area (Å²) in [6.07, 6.45) is 5.28. The molecule has 0 aromatic carbocycles. The number of nitrogen functional groups attached to an aromatic ring is 1. The number of hydrogen-bond donors (Lipinski definition) is 2. The van der Waals surface area contributed by atoms with E-state index in [0.29, 0.717) is 25.2 Å². The number of carbonyl (C=O) groups is 2. The zero-order valence-electron chi connectivity index (χ0n) is 11.7.